The van der Waals surface area contributed by atoms with E-state index in [1.165, 1.54) is 30.7 Å². The highest BCUT2D eigenvalue weighted by molar-refractivity contribution is 5.36. The molecule has 0 aliphatic carbocycles. The third-order valence-electron chi connectivity index (χ3n) is 2.40. The third-order valence-corrected chi connectivity index (χ3v) is 2.40. The van der Waals surface area contributed by atoms with Crippen LogP contribution >= 0.6 is 0 Å². The summed E-state index contributed by atoms with van der Waals surface area (Å²) < 4.78 is 10.2. The van der Waals surface area contributed by atoms with Gasteiger partial charge in [0.2, 0.25) is 6.29 Å². The molecule has 0 saturated carbocycles. The zero-order valence-corrected chi connectivity index (χ0v) is 12.9. The van der Waals surface area contributed by atoms with Crippen LogP contribution in [0.25, 0.3) is 0 Å². The van der Waals surface area contributed by atoms with E-state index in [1.807, 2.05) is 0 Å². The molecule has 3 N–H and O–H groups in total. The Morgan fingerprint density at radius 3 is 2.14 bits per heavy atom. The molecule has 3 atom stereocenters. The average molecular weight is 317 g/mol. The van der Waals surface area contributed by atoms with Gasteiger partial charge in [-0.2, -0.15) is 0 Å². The Kier molecular flexibility index (Phi) is 10.0. The summed E-state index contributed by atoms with van der Waals surface area (Å²) >= 11 is 0. The van der Waals surface area contributed by atoms with E-state index in [0.29, 0.717) is 5.75 Å². The van der Waals surface area contributed by atoms with Gasteiger partial charge in [0.25, 0.3) is 5.69 Å². The normalized spacial score (nSPS) is 22.7. The highest BCUT2D eigenvalue weighted by atomic mass is 16.7. The van der Waals surface area contributed by atoms with Crippen molar-refractivity contribution in [1.82, 2.24) is 0 Å². The zero-order valence-electron chi connectivity index (χ0n) is 12.9. The lowest BCUT2D eigenvalue weighted by Crippen LogP contribution is -2.33. The third kappa shape index (κ3) is 6.35. The quantitative estimate of drug-likeness (QED) is 0.563. The summed E-state index contributed by atoms with van der Waals surface area (Å²) in [6, 6.07) is 5.37. The average Bonchev–Trinajstić information content (AvgIpc) is 2.83. The molecule has 1 aromatic rings. The van der Waals surface area contributed by atoms with Crippen molar-refractivity contribution in [1.29, 1.82) is 0 Å². The second kappa shape index (κ2) is 10.9. The Balaban J connectivity index is 0.000000789. The summed E-state index contributed by atoms with van der Waals surface area (Å²) in [7, 11) is 1.00. The van der Waals surface area contributed by atoms with Gasteiger partial charge in [-0.3, -0.25) is 10.1 Å². The minimum atomic E-state index is -1.12. The minimum absolute atomic E-state index is 0.00118. The topological polar surface area (TPSA) is 122 Å². The lowest BCUT2D eigenvalue weighted by molar-refractivity contribution is -0.384. The number of aliphatic hydroxyl groups excluding tert-OH is 3. The summed E-state index contributed by atoms with van der Waals surface area (Å²) in [4.78, 5) is 9.90. The molecule has 0 bridgehead atoms. The van der Waals surface area contributed by atoms with Gasteiger partial charge < -0.3 is 24.8 Å². The molecule has 1 aliphatic rings. The first kappa shape index (κ1) is 20.3. The maximum Gasteiger partial charge on any atom is 0.269 e. The molecule has 8 nitrogen and oxygen atoms in total. The number of hydrogen-bond donors (Lipinski definition) is 3. The molecule has 3 unspecified atom stereocenters. The van der Waals surface area contributed by atoms with Crippen LogP contribution in [0, 0.1) is 10.1 Å². The molecular formula is C14H23NO7. The highest BCUT2D eigenvalue weighted by Gasteiger charge is 2.36. The van der Waals surface area contributed by atoms with Crippen LogP contribution in [0.5, 0.6) is 5.75 Å². The first-order chi connectivity index (χ1) is 10.5. The van der Waals surface area contributed by atoms with E-state index in [2.05, 4.69) is 13.8 Å². The Morgan fingerprint density at radius 1 is 1.27 bits per heavy atom. The number of nitro benzene ring substituents is 1. The monoisotopic (exact) mass is 317 g/mol. The molecule has 8 heteroatoms. The molecule has 126 valence electrons. The smallest absolute Gasteiger partial charge is 0.269 e. The van der Waals surface area contributed by atoms with Crippen molar-refractivity contribution in [3.05, 3.63) is 34.4 Å². The van der Waals surface area contributed by atoms with Gasteiger partial charge in [-0.25, -0.2) is 0 Å². The number of nitrogens with zero attached hydrogens (tertiary/aromatic N) is 1. The second-order valence-electron chi connectivity index (χ2n) is 4.34. The van der Waals surface area contributed by atoms with Crippen LogP contribution in [0.2, 0.25) is 0 Å². The van der Waals surface area contributed by atoms with Crippen molar-refractivity contribution >= 4 is 5.69 Å². The molecule has 1 saturated heterocycles. The molecule has 1 aromatic carbocycles. The molecule has 0 radical (unpaired) electrons. The predicted molar refractivity (Wildman–Crippen MR) is 79.6 cm³/mol. The fourth-order valence-electron chi connectivity index (χ4n) is 1.46. The maximum atomic E-state index is 10.4. The van der Waals surface area contributed by atoms with Gasteiger partial charge in [0, 0.05) is 19.2 Å². The molecule has 0 aromatic heterocycles. The van der Waals surface area contributed by atoms with Crippen LogP contribution in [0.4, 0.5) is 5.69 Å². The van der Waals surface area contributed by atoms with Crippen molar-refractivity contribution in [2.45, 2.75) is 38.8 Å². The van der Waals surface area contributed by atoms with E-state index in [1.54, 1.807) is 0 Å². The summed E-state index contributed by atoms with van der Waals surface area (Å²) in [5.41, 5.74) is -0.0507. The van der Waals surface area contributed by atoms with Gasteiger partial charge in [-0.05, 0) is 12.1 Å². The predicted octanol–water partition coefficient (Wildman–Crippen LogP) is 1.08. The van der Waals surface area contributed by atoms with E-state index in [9.17, 15) is 20.3 Å². The Bertz CT molecular complexity index is 424. The Hall–Kier alpha value is -1.74. The standard InChI is InChI=1S/C10H11NO6.C3H8.CH4O/c12-8-5-16-10(9(8)13)17-7-3-1-6(2-4-7)11(14)15;1-3-2;1-2/h1-4,8-10,12-13H,5H2;3H2,1-2H3;2H,1H3. The molecule has 22 heavy (non-hydrogen) atoms. The molecule has 1 fully saturated rings. The summed E-state index contributed by atoms with van der Waals surface area (Å²) in [6.45, 7) is 4.25. The van der Waals surface area contributed by atoms with Crippen molar-refractivity contribution in [2.24, 2.45) is 0 Å². The van der Waals surface area contributed by atoms with Crippen LogP contribution < -0.4 is 4.74 Å². The van der Waals surface area contributed by atoms with E-state index >= 15 is 0 Å². The Labute approximate surface area is 129 Å². The van der Waals surface area contributed by atoms with Gasteiger partial charge in [0.05, 0.1) is 11.5 Å². The number of benzene rings is 1. The fourth-order valence-corrected chi connectivity index (χ4v) is 1.46. The van der Waals surface area contributed by atoms with E-state index < -0.39 is 23.4 Å². The van der Waals surface area contributed by atoms with Gasteiger partial charge in [0.15, 0.2) is 0 Å². The lowest BCUT2D eigenvalue weighted by Gasteiger charge is -2.16. The van der Waals surface area contributed by atoms with Gasteiger partial charge >= 0.3 is 0 Å². The lowest BCUT2D eigenvalue weighted by atomic mass is 10.2. The maximum absolute atomic E-state index is 10.4. The van der Waals surface area contributed by atoms with E-state index in [0.717, 1.165) is 7.11 Å². The van der Waals surface area contributed by atoms with Crippen LogP contribution in [0.15, 0.2) is 24.3 Å². The minimum Gasteiger partial charge on any atom is -0.462 e. The van der Waals surface area contributed by atoms with Gasteiger partial charge in [-0.15, -0.1) is 0 Å². The van der Waals surface area contributed by atoms with Crippen LogP contribution in [-0.4, -0.2) is 52.5 Å². The summed E-state index contributed by atoms with van der Waals surface area (Å²) in [5, 5.41) is 36.1. The number of ether oxygens (including phenoxy) is 2. The largest absolute Gasteiger partial charge is 0.462 e. The fraction of sp³-hybridized carbons (Fsp3) is 0.571. The van der Waals surface area contributed by atoms with Gasteiger partial charge in [-0.1, -0.05) is 20.3 Å². The van der Waals surface area contributed by atoms with Crippen LogP contribution in [0.1, 0.15) is 20.3 Å². The second-order valence-corrected chi connectivity index (χ2v) is 4.34. The molecule has 0 spiro atoms. The molecular weight excluding hydrogens is 294 g/mol. The molecule has 1 aliphatic heterocycles. The number of hydrogen-bond acceptors (Lipinski definition) is 7. The zero-order chi connectivity index (χ0) is 17.1. The van der Waals surface area contributed by atoms with Crippen molar-refractivity contribution < 1.29 is 29.7 Å². The highest BCUT2D eigenvalue weighted by Crippen LogP contribution is 2.22. The summed E-state index contributed by atoms with van der Waals surface area (Å²) in [6.07, 6.45) is -1.80. The summed E-state index contributed by atoms with van der Waals surface area (Å²) in [5.74, 6) is 0.328. The van der Waals surface area contributed by atoms with Gasteiger partial charge in [0.1, 0.15) is 18.0 Å². The first-order valence-electron chi connectivity index (χ1n) is 6.83. The Morgan fingerprint density at radius 2 is 1.77 bits per heavy atom. The van der Waals surface area contributed by atoms with Crippen molar-refractivity contribution in [2.75, 3.05) is 13.7 Å². The van der Waals surface area contributed by atoms with Crippen molar-refractivity contribution in [3.63, 3.8) is 0 Å². The van der Waals surface area contributed by atoms with E-state index in [-0.39, 0.29) is 12.3 Å². The number of nitro groups is 1. The van der Waals surface area contributed by atoms with E-state index in [4.69, 9.17) is 14.6 Å². The number of non-ortho nitro benzene ring substituents is 1. The number of rotatable bonds is 3. The SMILES string of the molecule is CCC.CO.O=[N+]([O-])c1ccc(OC2OCC(O)C2O)cc1. The van der Waals surface area contributed by atoms with Crippen LogP contribution in [-0.2, 0) is 4.74 Å². The number of aliphatic hydroxyl groups is 3. The van der Waals surface area contributed by atoms with Crippen LogP contribution in [0.3, 0.4) is 0 Å². The molecule has 0 amide bonds. The molecule has 2 rings (SSSR count). The first-order valence-corrected chi connectivity index (χ1v) is 6.83. The molecule has 1 heterocycles. The van der Waals surface area contributed by atoms with Crippen molar-refractivity contribution in [3.8, 4) is 5.75 Å².